The van der Waals surface area contributed by atoms with Gasteiger partial charge in [-0.25, -0.2) is 9.89 Å². The summed E-state index contributed by atoms with van der Waals surface area (Å²) in [6.07, 6.45) is 0.579. The first-order valence-corrected chi connectivity index (χ1v) is 5.77. The van der Waals surface area contributed by atoms with Crippen LogP contribution in [0.4, 0.5) is 0 Å². The maximum Gasteiger partial charge on any atom is 0.343 e. The molecule has 0 aliphatic rings. The summed E-state index contributed by atoms with van der Waals surface area (Å²) in [6.45, 7) is 0.278. The number of amides is 1. The van der Waals surface area contributed by atoms with Crippen LogP contribution in [0.2, 0.25) is 0 Å². The number of nitrogens with two attached hydrogens (primary N) is 1. The molecular weight excluding hydrogens is 248 g/mol. The van der Waals surface area contributed by atoms with Gasteiger partial charge < -0.3 is 10.8 Å². The molecule has 0 saturated carbocycles. The van der Waals surface area contributed by atoms with Crippen molar-refractivity contribution in [2.45, 2.75) is 24.5 Å². The van der Waals surface area contributed by atoms with Crippen molar-refractivity contribution < 1.29 is 14.7 Å². The Kier molecular flexibility index (Phi) is 4.76. The summed E-state index contributed by atoms with van der Waals surface area (Å²) in [5.41, 5.74) is 4.55. The molecule has 0 atom stereocenters. The Balaban J connectivity index is 2.62. The fourth-order valence-electron chi connectivity index (χ4n) is 1.15. The first-order valence-electron chi connectivity index (χ1n) is 4.79. The zero-order valence-corrected chi connectivity index (χ0v) is 9.70. The first-order chi connectivity index (χ1) is 8.00. The number of carboxylic acids is 1. The molecule has 0 radical (unpaired) electrons. The van der Waals surface area contributed by atoms with Gasteiger partial charge in [0.2, 0.25) is 5.91 Å². The SMILES string of the molecule is NC(=O)CCCn1c(SCC(=O)O)n[nH]c1=O. The number of aromatic amines is 1. The molecule has 0 aromatic carbocycles. The summed E-state index contributed by atoms with van der Waals surface area (Å²) in [5, 5.41) is 14.7. The van der Waals surface area contributed by atoms with Crippen molar-refractivity contribution in [2.75, 3.05) is 5.75 Å². The van der Waals surface area contributed by atoms with Crippen molar-refractivity contribution in [2.24, 2.45) is 5.73 Å². The predicted octanol–water partition coefficient (Wildman–Crippen LogP) is -0.986. The van der Waals surface area contributed by atoms with E-state index in [1.165, 1.54) is 4.57 Å². The van der Waals surface area contributed by atoms with Gasteiger partial charge in [-0.15, -0.1) is 5.10 Å². The zero-order valence-electron chi connectivity index (χ0n) is 8.88. The Morgan fingerprint density at radius 1 is 1.53 bits per heavy atom. The molecule has 0 saturated heterocycles. The maximum absolute atomic E-state index is 11.3. The summed E-state index contributed by atoms with van der Waals surface area (Å²) in [5.74, 6) is -1.62. The highest BCUT2D eigenvalue weighted by Gasteiger charge is 2.10. The van der Waals surface area contributed by atoms with Gasteiger partial charge >= 0.3 is 11.7 Å². The summed E-state index contributed by atoms with van der Waals surface area (Å²) < 4.78 is 1.29. The highest BCUT2D eigenvalue weighted by molar-refractivity contribution is 7.99. The number of nitrogens with one attached hydrogen (secondary N) is 1. The van der Waals surface area contributed by atoms with Gasteiger partial charge in [-0.2, -0.15) is 0 Å². The van der Waals surface area contributed by atoms with E-state index in [4.69, 9.17) is 10.8 Å². The lowest BCUT2D eigenvalue weighted by molar-refractivity contribution is -0.133. The number of H-pyrrole nitrogens is 1. The zero-order chi connectivity index (χ0) is 12.8. The Labute approximate surface area is 100 Å². The van der Waals surface area contributed by atoms with Crippen LogP contribution in [0.15, 0.2) is 9.95 Å². The van der Waals surface area contributed by atoms with E-state index in [-0.39, 0.29) is 18.7 Å². The molecule has 0 fully saturated rings. The third-order valence-corrected chi connectivity index (χ3v) is 2.81. The van der Waals surface area contributed by atoms with Gasteiger partial charge in [-0.1, -0.05) is 11.8 Å². The fourth-order valence-corrected chi connectivity index (χ4v) is 1.84. The van der Waals surface area contributed by atoms with Gasteiger partial charge in [0.05, 0.1) is 5.75 Å². The average Bonchev–Trinajstić information content (AvgIpc) is 2.57. The van der Waals surface area contributed by atoms with Crippen molar-refractivity contribution >= 4 is 23.6 Å². The molecule has 94 valence electrons. The van der Waals surface area contributed by atoms with E-state index in [1.54, 1.807) is 0 Å². The molecule has 1 heterocycles. The molecule has 1 aromatic rings. The second-order valence-corrected chi connectivity index (χ2v) is 4.16. The molecular formula is C8H12N4O4S. The van der Waals surface area contributed by atoms with E-state index in [0.29, 0.717) is 11.6 Å². The Morgan fingerprint density at radius 2 is 2.24 bits per heavy atom. The van der Waals surface area contributed by atoms with Gasteiger partial charge in [-0.3, -0.25) is 14.2 Å². The Hall–Kier alpha value is -1.77. The number of nitrogens with zero attached hydrogens (tertiary/aromatic N) is 2. The van der Waals surface area contributed by atoms with Crippen molar-refractivity contribution in [1.82, 2.24) is 14.8 Å². The van der Waals surface area contributed by atoms with E-state index in [9.17, 15) is 14.4 Å². The smallest absolute Gasteiger partial charge is 0.343 e. The summed E-state index contributed by atoms with van der Waals surface area (Å²) >= 11 is 0.940. The molecule has 1 rings (SSSR count). The molecule has 0 unspecified atom stereocenters. The van der Waals surface area contributed by atoms with E-state index >= 15 is 0 Å². The highest BCUT2D eigenvalue weighted by atomic mass is 32.2. The minimum absolute atomic E-state index is 0.167. The third-order valence-electron chi connectivity index (χ3n) is 1.85. The van der Waals surface area contributed by atoms with Crippen molar-refractivity contribution in [3.8, 4) is 0 Å². The lowest BCUT2D eigenvalue weighted by Crippen LogP contribution is -2.19. The molecule has 0 bridgehead atoms. The maximum atomic E-state index is 11.3. The number of carbonyl (C=O) groups excluding carboxylic acids is 1. The van der Waals surface area contributed by atoms with Crippen LogP contribution >= 0.6 is 11.8 Å². The van der Waals surface area contributed by atoms with Crippen LogP contribution < -0.4 is 11.4 Å². The number of aromatic nitrogens is 3. The van der Waals surface area contributed by atoms with Crippen molar-refractivity contribution in [3.05, 3.63) is 10.5 Å². The number of rotatable bonds is 7. The van der Waals surface area contributed by atoms with Crippen LogP contribution in [0.1, 0.15) is 12.8 Å². The molecule has 1 amide bonds. The lowest BCUT2D eigenvalue weighted by atomic mass is 10.3. The van der Waals surface area contributed by atoms with E-state index < -0.39 is 17.6 Å². The number of thioether (sulfide) groups is 1. The van der Waals surface area contributed by atoms with E-state index in [1.807, 2.05) is 0 Å². The predicted molar refractivity (Wildman–Crippen MR) is 59.6 cm³/mol. The molecule has 17 heavy (non-hydrogen) atoms. The molecule has 8 nitrogen and oxygen atoms in total. The number of aliphatic carboxylic acids is 1. The molecule has 4 N–H and O–H groups in total. The number of carboxylic acid groups (broad SMARTS) is 1. The quantitative estimate of drug-likeness (QED) is 0.539. The standard InChI is InChI=1S/C8H12N4O4S/c9-5(13)2-1-3-12-7(16)10-11-8(12)17-4-6(14)15/h1-4H2,(H2,9,13)(H,10,16)(H,14,15). The first kappa shape index (κ1) is 13.3. The van der Waals surface area contributed by atoms with E-state index in [2.05, 4.69) is 10.2 Å². The fraction of sp³-hybridized carbons (Fsp3) is 0.500. The van der Waals surface area contributed by atoms with Crippen LogP contribution in [0.5, 0.6) is 0 Å². The number of hydrogen-bond acceptors (Lipinski definition) is 5. The number of carbonyl (C=O) groups is 2. The van der Waals surface area contributed by atoms with Crippen molar-refractivity contribution in [3.63, 3.8) is 0 Å². The normalized spacial score (nSPS) is 10.4. The lowest BCUT2D eigenvalue weighted by Gasteiger charge is -2.02. The van der Waals surface area contributed by atoms with Gasteiger partial charge in [-0.05, 0) is 6.42 Å². The second kappa shape index (κ2) is 6.09. The molecule has 0 aliphatic heterocycles. The summed E-state index contributed by atoms with van der Waals surface area (Å²) in [6, 6.07) is 0. The minimum Gasteiger partial charge on any atom is -0.481 e. The van der Waals surface area contributed by atoms with Gasteiger partial charge in [0.1, 0.15) is 0 Å². The van der Waals surface area contributed by atoms with Crippen LogP contribution in [-0.2, 0) is 16.1 Å². The Bertz CT molecular complexity index is 466. The van der Waals surface area contributed by atoms with Gasteiger partial charge in [0.25, 0.3) is 0 Å². The second-order valence-electron chi connectivity index (χ2n) is 3.22. The number of primary amides is 1. The number of hydrogen-bond donors (Lipinski definition) is 3. The van der Waals surface area contributed by atoms with Gasteiger partial charge in [0.15, 0.2) is 5.16 Å². The molecule has 9 heteroatoms. The summed E-state index contributed by atoms with van der Waals surface area (Å²) in [7, 11) is 0. The van der Waals surface area contributed by atoms with Crippen LogP contribution in [-0.4, -0.2) is 37.5 Å². The van der Waals surface area contributed by atoms with Crippen LogP contribution in [0.25, 0.3) is 0 Å². The topological polar surface area (TPSA) is 131 Å². The molecule has 0 spiro atoms. The van der Waals surface area contributed by atoms with Crippen LogP contribution in [0.3, 0.4) is 0 Å². The molecule has 0 aliphatic carbocycles. The monoisotopic (exact) mass is 260 g/mol. The Morgan fingerprint density at radius 3 is 2.82 bits per heavy atom. The minimum atomic E-state index is -0.992. The van der Waals surface area contributed by atoms with Crippen molar-refractivity contribution in [1.29, 1.82) is 0 Å². The molecule has 1 aromatic heterocycles. The third kappa shape index (κ3) is 4.31. The highest BCUT2D eigenvalue weighted by Crippen LogP contribution is 2.12. The van der Waals surface area contributed by atoms with Gasteiger partial charge in [0, 0.05) is 13.0 Å². The summed E-state index contributed by atoms with van der Waals surface area (Å²) in [4.78, 5) is 32.3. The average molecular weight is 260 g/mol. The van der Waals surface area contributed by atoms with E-state index in [0.717, 1.165) is 11.8 Å². The van der Waals surface area contributed by atoms with Crippen LogP contribution in [0, 0.1) is 0 Å². The largest absolute Gasteiger partial charge is 0.481 e.